The smallest absolute Gasteiger partial charge is 0.162 e. The minimum Gasteiger partial charge on any atom is -0.385 e. The van der Waals surface area contributed by atoms with Crippen LogP contribution in [0.4, 0.5) is 8.78 Å². The van der Waals surface area contributed by atoms with E-state index in [-0.39, 0.29) is 12.0 Å². The van der Waals surface area contributed by atoms with Crippen molar-refractivity contribution in [1.82, 2.24) is 9.55 Å². The zero-order chi connectivity index (χ0) is 13.8. The van der Waals surface area contributed by atoms with Crippen molar-refractivity contribution in [3.63, 3.8) is 0 Å². The maximum Gasteiger partial charge on any atom is 0.162 e. The molecule has 2 rings (SSSR count). The highest BCUT2D eigenvalue weighted by atomic mass is 19.2. The van der Waals surface area contributed by atoms with Gasteiger partial charge in [0, 0.05) is 25.4 Å². The van der Waals surface area contributed by atoms with Crippen molar-refractivity contribution in [2.24, 2.45) is 0 Å². The largest absolute Gasteiger partial charge is 0.385 e. The molecule has 0 aliphatic carbocycles. The molecular formula is C14H16F2N2O. The van der Waals surface area contributed by atoms with Crippen LogP contribution < -0.4 is 0 Å². The molecule has 2 aromatic rings. The first kappa shape index (κ1) is 13.7. The second-order valence-electron chi connectivity index (χ2n) is 4.41. The molecule has 1 N–H and O–H groups in total. The van der Waals surface area contributed by atoms with Crippen LogP contribution in [0, 0.1) is 11.6 Å². The van der Waals surface area contributed by atoms with Crippen LogP contribution in [-0.4, -0.2) is 14.7 Å². The average Bonchev–Trinajstić information content (AvgIpc) is 2.84. The number of rotatable bonds is 5. The lowest BCUT2D eigenvalue weighted by molar-refractivity contribution is 0.162. The first-order chi connectivity index (χ1) is 9.13. The van der Waals surface area contributed by atoms with Gasteiger partial charge in [-0.15, -0.1) is 0 Å². The lowest BCUT2D eigenvalue weighted by atomic mass is 10.1. The van der Waals surface area contributed by atoms with Gasteiger partial charge in [0.15, 0.2) is 11.6 Å². The van der Waals surface area contributed by atoms with Gasteiger partial charge in [0.05, 0.1) is 0 Å². The Morgan fingerprint density at radius 3 is 2.89 bits per heavy atom. The van der Waals surface area contributed by atoms with E-state index in [9.17, 15) is 13.9 Å². The van der Waals surface area contributed by atoms with Crippen LogP contribution in [0.5, 0.6) is 0 Å². The Labute approximate surface area is 110 Å². The van der Waals surface area contributed by atoms with Gasteiger partial charge in [-0.25, -0.2) is 13.8 Å². The zero-order valence-electron chi connectivity index (χ0n) is 10.7. The van der Waals surface area contributed by atoms with Crippen LogP contribution in [0.1, 0.15) is 30.8 Å². The maximum absolute atomic E-state index is 13.5. The fraction of sp³-hybridized carbons (Fsp3) is 0.357. The molecular weight excluding hydrogens is 250 g/mol. The number of halogens is 2. The van der Waals surface area contributed by atoms with E-state index in [0.717, 1.165) is 19.0 Å². The van der Waals surface area contributed by atoms with Crippen molar-refractivity contribution in [3.8, 4) is 0 Å². The van der Waals surface area contributed by atoms with Gasteiger partial charge in [-0.2, -0.15) is 0 Å². The number of aliphatic hydroxyl groups excluding tert-OH is 1. The minimum absolute atomic E-state index is 0.00429. The lowest BCUT2D eigenvalue weighted by Crippen LogP contribution is -2.11. The van der Waals surface area contributed by atoms with Crippen LogP contribution >= 0.6 is 0 Å². The van der Waals surface area contributed by atoms with Crippen LogP contribution in [0.2, 0.25) is 0 Å². The molecule has 3 nitrogen and oxygen atoms in total. The molecule has 0 bridgehead atoms. The third kappa shape index (κ3) is 2.98. The van der Waals surface area contributed by atoms with Crippen LogP contribution in [-0.2, 0) is 13.0 Å². The van der Waals surface area contributed by atoms with Gasteiger partial charge in [-0.1, -0.05) is 19.1 Å². The van der Waals surface area contributed by atoms with E-state index in [0.29, 0.717) is 5.82 Å². The number of hydrogen-bond acceptors (Lipinski definition) is 2. The normalized spacial score (nSPS) is 12.6. The summed E-state index contributed by atoms with van der Waals surface area (Å²) >= 11 is 0. The summed E-state index contributed by atoms with van der Waals surface area (Å²) in [5, 5.41) is 10.1. The standard InChI is InChI=1S/C14H16F2N2O/c1-2-7-18-8-6-17-14(18)12(19)9-10-4-3-5-11(15)13(10)16/h3-6,8,12,19H,2,7,9H2,1H3. The minimum atomic E-state index is -0.946. The van der Waals surface area contributed by atoms with Crippen LogP contribution in [0.15, 0.2) is 30.6 Å². The van der Waals surface area contributed by atoms with Crippen molar-refractivity contribution >= 4 is 0 Å². The number of hydrogen-bond donors (Lipinski definition) is 1. The molecule has 1 aromatic carbocycles. The predicted octanol–water partition coefficient (Wildman–Crippen LogP) is 2.85. The van der Waals surface area contributed by atoms with Crippen molar-refractivity contribution in [3.05, 3.63) is 53.6 Å². The first-order valence-electron chi connectivity index (χ1n) is 6.25. The zero-order valence-corrected chi connectivity index (χ0v) is 10.7. The number of benzene rings is 1. The van der Waals surface area contributed by atoms with E-state index < -0.39 is 17.7 Å². The second kappa shape index (κ2) is 5.93. The highest BCUT2D eigenvalue weighted by Crippen LogP contribution is 2.20. The number of aliphatic hydroxyl groups is 1. The summed E-state index contributed by atoms with van der Waals surface area (Å²) < 4.78 is 28.5. The monoisotopic (exact) mass is 266 g/mol. The van der Waals surface area contributed by atoms with E-state index >= 15 is 0 Å². The van der Waals surface area contributed by atoms with Gasteiger partial charge in [-0.3, -0.25) is 0 Å². The maximum atomic E-state index is 13.5. The third-order valence-corrected chi connectivity index (χ3v) is 2.96. The SMILES string of the molecule is CCCn1ccnc1C(O)Cc1cccc(F)c1F. The number of aryl methyl sites for hydroxylation is 1. The van der Waals surface area contributed by atoms with Crippen molar-refractivity contribution in [2.75, 3.05) is 0 Å². The Morgan fingerprint density at radius 1 is 1.37 bits per heavy atom. The predicted molar refractivity (Wildman–Crippen MR) is 67.5 cm³/mol. The van der Waals surface area contributed by atoms with E-state index in [1.807, 2.05) is 11.5 Å². The van der Waals surface area contributed by atoms with Gasteiger partial charge < -0.3 is 9.67 Å². The molecule has 0 saturated heterocycles. The molecule has 0 saturated carbocycles. The topological polar surface area (TPSA) is 38.0 Å². The van der Waals surface area contributed by atoms with E-state index in [4.69, 9.17) is 0 Å². The fourth-order valence-electron chi connectivity index (χ4n) is 2.05. The Kier molecular flexibility index (Phi) is 4.27. The number of nitrogens with zero attached hydrogens (tertiary/aromatic N) is 2. The number of aromatic nitrogens is 2. The van der Waals surface area contributed by atoms with Crippen LogP contribution in [0.25, 0.3) is 0 Å². The van der Waals surface area contributed by atoms with Gasteiger partial charge in [0.1, 0.15) is 11.9 Å². The fourth-order valence-corrected chi connectivity index (χ4v) is 2.05. The highest BCUT2D eigenvalue weighted by molar-refractivity contribution is 5.20. The molecule has 0 fully saturated rings. The Bertz CT molecular complexity index is 554. The van der Waals surface area contributed by atoms with E-state index in [1.165, 1.54) is 12.1 Å². The summed E-state index contributed by atoms with van der Waals surface area (Å²) in [4.78, 5) is 4.08. The van der Waals surface area contributed by atoms with Gasteiger partial charge in [-0.05, 0) is 18.1 Å². The van der Waals surface area contributed by atoms with Crippen molar-refractivity contribution < 1.29 is 13.9 Å². The second-order valence-corrected chi connectivity index (χ2v) is 4.41. The molecule has 0 aliphatic heterocycles. The molecule has 1 atom stereocenters. The Morgan fingerprint density at radius 2 is 2.16 bits per heavy atom. The molecule has 5 heteroatoms. The van der Waals surface area contributed by atoms with Gasteiger partial charge in [0.2, 0.25) is 0 Å². The van der Waals surface area contributed by atoms with Crippen molar-refractivity contribution in [2.45, 2.75) is 32.4 Å². The Hall–Kier alpha value is -1.75. The summed E-state index contributed by atoms with van der Waals surface area (Å²) in [5.74, 6) is -1.33. The molecule has 19 heavy (non-hydrogen) atoms. The molecule has 0 aliphatic rings. The quantitative estimate of drug-likeness (QED) is 0.903. The Balaban J connectivity index is 2.18. The van der Waals surface area contributed by atoms with E-state index in [2.05, 4.69) is 4.98 Å². The average molecular weight is 266 g/mol. The first-order valence-corrected chi connectivity index (χ1v) is 6.25. The highest BCUT2D eigenvalue weighted by Gasteiger charge is 2.17. The molecule has 102 valence electrons. The van der Waals surface area contributed by atoms with Gasteiger partial charge in [0.25, 0.3) is 0 Å². The molecule has 0 amide bonds. The lowest BCUT2D eigenvalue weighted by Gasteiger charge is -2.13. The molecule has 1 unspecified atom stereocenters. The van der Waals surface area contributed by atoms with Crippen LogP contribution in [0.3, 0.4) is 0 Å². The molecule has 0 radical (unpaired) electrons. The summed E-state index contributed by atoms with van der Waals surface area (Å²) in [6, 6.07) is 3.96. The molecule has 1 heterocycles. The molecule has 0 spiro atoms. The summed E-state index contributed by atoms with van der Waals surface area (Å²) in [7, 11) is 0. The third-order valence-electron chi connectivity index (χ3n) is 2.96. The van der Waals surface area contributed by atoms with Crippen molar-refractivity contribution in [1.29, 1.82) is 0 Å². The molecule has 1 aromatic heterocycles. The van der Waals surface area contributed by atoms with E-state index in [1.54, 1.807) is 12.4 Å². The summed E-state index contributed by atoms with van der Waals surface area (Å²) in [5.41, 5.74) is 0.151. The summed E-state index contributed by atoms with van der Waals surface area (Å²) in [6.45, 7) is 2.75. The van der Waals surface area contributed by atoms with Gasteiger partial charge >= 0.3 is 0 Å². The number of imidazole rings is 1. The summed E-state index contributed by atoms with van der Waals surface area (Å²) in [6.07, 6.45) is 3.33.